The molecule has 2 aliphatic rings. The molecule has 6 rings (SSSR count). The third kappa shape index (κ3) is 2.76. The summed E-state index contributed by atoms with van der Waals surface area (Å²) in [6.07, 6.45) is 3.51. The van der Waals surface area contributed by atoms with Gasteiger partial charge < -0.3 is 14.9 Å². The minimum Gasteiger partial charge on any atom is -0.350 e. The lowest BCUT2D eigenvalue weighted by Crippen LogP contribution is -2.31. The van der Waals surface area contributed by atoms with Crippen LogP contribution in [0.15, 0.2) is 54.7 Å². The van der Waals surface area contributed by atoms with E-state index in [2.05, 4.69) is 16.0 Å². The van der Waals surface area contributed by atoms with E-state index in [0.29, 0.717) is 17.6 Å². The van der Waals surface area contributed by atoms with E-state index in [4.69, 9.17) is 5.73 Å². The van der Waals surface area contributed by atoms with Crippen molar-refractivity contribution in [3.63, 3.8) is 0 Å². The number of nitrogens with zero attached hydrogens (tertiary/aromatic N) is 2. The fraction of sp³-hybridized carbons (Fsp3) is 0.200. The molecule has 2 aromatic heterocycles. The molecule has 162 valence electrons. The number of nitrogens with two attached hydrogens (primary N) is 1. The van der Waals surface area contributed by atoms with Gasteiger partial charge in [-0.25, -0.2) is 0 Å². The normalized spacial score (nSPS) is 18.2. The van der Waals surface area contributed by atoms with Gasteiger partial charge in [0.05, 0.1) is 11.1 Å². The number of rotatable bonds is 2. The number of benzene rings is 2. The third-order valence-electron chi connectivity index (χ3n) is 6.61. The lowest BCUT2D eigenvalue weighted by molar-refractivity contribution is -0.122. The zero-order chi connectivity index (χ0) is 21.3. The summed E-state index contributed by atoms with van der Waals surface area (Å²) in [5.41, 5.74) is 12.0. The molecule has 4 aromatic rings. The molecular formula is C25H23ClN4O2. The van der Waals surface area contributed by atoms with Gasteiger partial charge in [-0.2, -0.15) is 0 Å². The highest BCUT2D eigenvalue weighted by Gasteiger charge is 2.37. The molecule has 0 saturated heterocycles. The number of carbonyl (C=O) groups excluding carboxylic acids is 2. The van der Waals surface area contributed by atoms with E-state index >= 15 is 0 Å². The van der Waals surface area contributed by atoms with E-state index in [9.17, 15) is 9.59 Å². The first-order valence-electron chi connectivity index (χ1n) is 10.5. The van der Waals surface area contributed by atoms with Crippen molar-refractivity contribution < 1.29 is 9.59 Å². The van der Waals surface area contributed by atoms with Crippen LogP contribution in [0.2, 0.25) is 0 Å². The van der Waals surface area contributed by atoms with Gasteiger partial charge in [0.2, 0.25) is 0 Å². The van der Waals surface area contributed by atoms with Crippen molar-refractivity contribution >= 4 is 57.2 Å². The predicted molar refractivity (Wildman–Crippen MR) is 128 cm³/mol. The number of halogens is 1. The van der Waals surface area contributed by atoms with E-state index in [0.717, 1.165) is 51.6 Å². The van der Waals surface area contributed by atoms with Gasteiger partial charge in [-0.1, -0.05) is 36.4 Å². The van der Waals surface area contributed by atoms with E-state index < -0.39 is 0 Å². The standard InChI is InChI=1S/C25H22N4O2.ClH/c1-28-13-17(15-6-2-4-8-18(15)28)22-23(25(31)27-24(22)30)21-16-7-3-5-9-19(16)29-11-10-14(26)12-20(21)29;/h2-9,13-14H,10-12,26H2,1H3,(H,27,30,31);1H. The number of nitrogens with one attached hydrogen (secondary N) is 1. The Hall–Kier alpha value is -3.35. The maximum absolute atomic E-state index is 13.2. The molecule has 6 nitrogen and oxygen atoms in total. The summed E-state index contributed by atoms with van der Waals surface area (Å²) in [5.74, 6) is -0.688. The molecule has 0 aliphatic carbocycles. The molecule has 4 heterocycles. The van der Waals surface area contributed by atoms with Crippen LogP contribution in [0.4, 0.5) is 0 Å². The average Bonchev–Trinajstić information content (AvgIpc) is 3.36. The monoisotopic (exact) mass is 446 g/mol. The van der Waals surface area contributed by atoms with Gasteiger partial charge in [0, 0.05) is 70.9 Å². The smallest absolute Gasteiger partial charge is 0.259 e. The molecule has 3 N–H and O–H groups in total. The first-order chi connectivity index (χ1) is 15.0. The third-order valence-corrected chi connectivity index (χ3v) is 6.61. The summed E-state index contributed by atoms with van der Waals surface area (Å²) in [7, 11) is 1.95. The fourth-order valence-electron chi connectivity index (χ4n) is 5.24. The molecule has 7 heteroatoms. The van der Waals surface area contributed by atoms with Crippen LogP contribution in [0.5, 0.6) is 0 Å². The zero-order valence-corrected chi connectivity index (χ0v) is 18.4. The number of fused-ring (bicyclic) bond motifs is 4. The first-order valence-corrected chi connectivity index (χ1v) is 10.5. The quantitative estimate of drug-likeness (QED) is 0.463. The molecule has 2 amide bonds. The summed E-state index contributed by atoms with van der Waals surface area (Å²) in [5, 5.41) is 4.50. The maximum atomic E-state index is 13.2. The van der Waals surface area contributed by atoms with Crippen molar-refractivity contribution in [3.05, 3.63) is 71.5 Å². The Bertz CT molecular complexity index is 1460. The molecule has 0 saturated carbocycles. The van der Waals surface area contributed by atoms with Crippen LogP contribution in [-0.4, -0.2) is 27.0 Å². The van der Waals surface area contributed by atoms with Crippen molar-refractivity contribution in [2.45, 2.75) is 25.4 Å². The highest BCUT2D eigenvalue weighted by Crippen LogP contribution is 2.42. The van der Waals surface area contributed by atoms with Gasteiger partial charge in [-0.3, -0.25) is 14.9 Å². The second-order valence-corrected chi connectivity index (χ2v) is 8.45. The second kappa shape index (κ2) is 7.36. The van der Waals surface area contributed by atoms with Crippen molar-refractivity contribution in [1.29, 1.82) is 0 Å². The first kappa shape index (κ1) is 20.5. The number of hydrogen-bond acceptors (Lipinski definition) is 3. The average molecular weight is 447 g/mol. The Balaban J connectivity index is 0.00000216. The molecule has 1 unspecified atom stereocenters. The van der Waals surface area contributed by atoms with Crippen molar-refractivity contribution in [2.75, 3.05) is 0 Å². The van der Waals surface area contributed by atoms with Crippen LogP contribution in [0, 0.1) is 0 Å². The van der Waals surface area contributed by atoms with Gasteiger partial charge >= 0.3 is 0 Å². The van der Waals surface area contributed by atoms with Gasteiger partial charge in [0.1, 0.15) is 0 Å². The Labute approximate surface area is 191 Å². The van der Waals surface area contributed by atoms with E-state index in [1.54, 1.807) is 0 Å². The molecular weight excluding hydrogens is 424 g/mol. The minimum atomic E-state index is -0.347. The van der Waals surface area contributed by atoms with Crippen LogP contribution in [0.1, 0.15) is 23.2 Å². The molecule has 32 heavy (non-hydrogen) atoms. The summed E-state index contributed by atoms with van der Waals surface area (Å²) in [6.45, 7) is 0.809. The maximum Gasteiger partial charge on any atom is 0.259 e. The van der Waals surface area contributed by atoms with Gasteiger partial charge in [0.15, 0.2) is 0 Å². The molecule has 0 bridgehead atoms. The van der Waals surface area contributed by atoms with Crippen LogP contribution < -0.4 is 11.1 Å². The highest BCUT2D eigenvalue weighted by atomic mass is 35.5. The van der Waals surface area contributed by atoms with Crippen LogP contribution in [0.25, 0.3) is 33.0 Å². The Morgan fingerprint density at radius 1 is 0.938 bits per heavy atom. The van der Waals surface area contributed by atoms with Crippen LogP contribution >= 0.6 is 12.4 Å². The van der Waals surface area contributed by atoms with Crippen molar-refractivity contribution in [2.24, 2.45) is 12.8 Å². The van der Waals surface area contributed by atoms with E-state index in [-0.39, 0.29) is 30.3 Å². The number of hydrogen-bond donors (Lipinski definition) is 2. The van der Waals surface area contributed by atoms with Crippen molar-refractivity contribution in [3.8, 4) is 0 Å². The number of imide groups is 1. The van der Waals surface area contributed by atoms with Gasteiger partial charge in [-0.05, 0) is 18.6 Å². The molecule has 1 atom stereocenters. The number of aromatic nitrogens is 2. The fourth-order valence-corrected chi connectivity index (χ4v) is 5.24. The number of para-hydroxylation sites is 2. The Morgan fingerprint density at radius 2 is 1.59 bits per heavy atom. The van der Waals surface area contributed by atoms with Gasteiger partial charge in [0.25, 0.3) is 11.8 Å². The number of carbonyl (C=O) groups is 2. The topological polar surface area (TPSA) is 82.0 Å². The summed E-state index contributed by atoms with van der Waals surface area (Å²) < 4.78 is 4.26. The molecule has 2 aliphatic heterocycles. The van der Waals surface area contributed by atoms with E-state index in [1.807, 2.05) is 60.3 Å². The lowest BCUT2D eigenvalue weighted by Gasteiger charge is -2.23. The predicted octanol–water partition coefficient (Wildman–Crippen LogP) is 3.40. The molecule has 2 aromatic carbocycles. The van der Waals surface area contributed by atoms with E-state index in [1.165, 1.54) is 0 Å². The van der Waals surface area contributed by atoms with Crippen LogP contribution in [0.3, 0.4) is 0 Å². The molecule has 0 radical (unpaired) electrons. The SMILES string of the molecule is Cl.Cn1cc(C2=C(c3c4n(c5ccccc35)CCC(N)C4)C(=O)NC2=O)c2ccccc21. The summed E-state index contributed by atoms with van der Waals surface area (Å²) in [4.78, 5) is 26.3. The minimum absolute atomic E-state index is 0. The Morgan fingerprint density at radius 3 is 2.38 bits per heavy atom. The lowest BCUT2D eigenvalue weighted by atomic mass is 9.91. The Kier molecular flexibility index (Phi) is 4.73. The molecule has 0 fully saturated rings. The zero-order valence-electron chi connectivity index (χ0n) is 17.6. The number of aryl methyl sites for hydroxylation is 2. The van der Waals surface area contributed by atoms with Crippen LogP contribution in [-0.2, 0) is 29.6 Å². The molecule has 0 spiro atoms. The highest BCUT2D eigenvalue weighted by molar-refractivity contribution is 6.51. The van der Waals surface area contributed by atoms with Gasteiger partial charge in [-0.15, -0.1) is 12.4 Å². The largest absolute Gasteiger partial charge is 0.350 e. The van der Waals surface area contributed by atoms with Crippen molar-refractivity contribution in [1.82, 2.24) is 14.5 Å². The summed E-state index contributed by atoms with van der Waals surface area (Å²) >= 11 is 0. The summed E-state index contributed by atoms with van der Waals surface area (Å²) in [6, 6.07) is 16.1. The second-order valence-electron chi connectivity index (χ2n) is 8.45. The number of amides is 2.